The monoisotopic (exact) mass is 400 g/mol. The molecule has 0 spiro atoms. The Morgan fingerprint density at radius 3 is 2.48 bits per heavy atom. The first-order chi connectivity index (χ1) is 14.1. The Bertz CT molecular complexity index is 823. The molecule has 0 saturated heterocycles. The number of hydrogen-bond acceptors (Lipinski definition) is 6. The Labute approximate surface area is 171 Å². The maximum Gasteiger partial charge on any atom is 0.340 e. The molecule has 0 bridgehead atoms. The molecule has 0 aliphatic carbocycles. The van der Waals surface area contributed by atoms with E-state index >= 15 is 0 Å². The van der Waals surface area contributed by atoms with Gasteiger partial charge in [-0.2, -0.15) is 0 Å². The van der Waals surface area contributed by atoms with Crippen molar-refractivity contribution in [1.82, 2.24) is 5.32 Å². The summed E-state index contributed by atoms with van der Waals surface area (Å²) in [7, 11) is 3.11. The lowest BCUT2D eigenvalue weighted by Crippen LogP contribution is -2.28. The van der Waals surface area contributed by atoms with Crippen molar-refractivity contribution >= 4 is 17.6 Å². The smallest absolute Gasteiger partial charge is 0.340 e. The van der Waals surface area contributed by atoms with E-state index in [4.69, 9.17) is 14.2 Å². The highest BCUT2D eigenvalue weighted by molar-refractivity contribution is 5.96. The molecular formula is C22H28N2O5. The Balaban J connectivity index is 1.86. The van der Waals surface area contributed by atoms with E-state index in [1.165, 1.54) is 0 Å². The normalized spacial score (nSPS) is 10.2. The predicted octanol–water partition coefficient (Wildman–Crippen LogP) is 3.39. The van der Waals surface area contributed by atoms with Crippen LogP contribution >= 0.6 is 0 Å². The van der Waals surface area contributed by atoms with Gasteiger partial charge in [0.25, 0.3) is 5.91 Å². The van der Waals surface area contributed by atoms with Crippen molar-refractivity contribution in [2.24, 2.45) is 0 Å². The molecule has 0 heterocycles. The highest BCUT2D eigenvalue weighted by Gasteiger charge is 2.14. The Hall–Kier alpha value is -3.22. The average molecular weight is 400 g/mol. The number of methoxy groups -OCH3 is 2. The number of nitrogens with one attached hydrogen (secondary N) is 2. The third-order valence-electron chi connectivity index (χ3n) is 4.26. The molecule has 0 fully saturated rings. The molecule has 0 atom stereocenters. The SMILES string of the molecule is CCCCNc1ccccc1C(=O)OCC(=O)NCc1ccc(OC)c(OC)c1. The van der Waals surface area contributed by atoms with Crippen LogP contribution in [0.3, 0.4) is 0 Å². The third kappa shape index (κ3) is 6.71. The van der Waals surface area contributed by atoms with Crippen LogP contribution in [-0.4, -0.2) is 39.2 Å². The van der Waals surface area contributed by atoms with Gasteiger partial charge in [-0.3, -0.25) is 4.79 Å². The van der Waals surface area contributed by atoms with E-state index < -0.39 is 5.97 Å². The Kier molecular flexibility index (Phi) is 8.82. The maximum absolute atomic E-state index is 12.4. The van der Waals surface area contributed by atoms with E-state index in [2.05, 4.69) is 17.6 Å². The largest absolute Gasteiger partial charge is 0.493 e. The Morgan fingerprint density at radius 1 is 1.00 bits per heavy atom. The number of para-hydroxylation sites is 1. The highest BCUT2D eigenvalue weighted by Crippen LogP contribution is 2.27. The minimum atomic E-state index is -0.536. The van der Waals surface area contributed by atoms with E-state index in [0.29, 0.717) is 22.7 Å². The van der Waals surface area contributed by atoms with Crippen molar-refractivity contribution in [3.05, 3.63) is 53.6 Å². The number of amides is 1. The summed E-state index contributed by atoms with van der Waals surface area (Å²) >= 11 is 0. The third-order valence-corrected chi connectivity index (χ3v) is 4.26. The fourth-order valence-electron chi connectivity index (χ4n) is 2.67. The van der Waals surface area contributed by atoms with Crippen molar-refractivity contribution < 1.29 is 23.8 Å². The second kappa shape index (κ2) is 11.6. The molecule has 7 nitrogen and oxygen atoms in total. The molecule has 0 aliphatic heterocycles. The fourth-order valence-corrected chi connectivity index (χ4v) is 2.67. The molecule has 0 aliphatic rings. The topological polar surface area (TPSA) is 85.9 Å². The van der Waals surface area contributed by atoms with Gasteiger partial charge in [-0.05, 0) is 36.2 Å². The summed E-state index contributed by atoms with van der Waals surface area (Å²) in [5, 5.41) is 5.95. The van der Waals surface area contributed by atoms with Crippen LogP contribution in [0, 0.1) is 0 Å². The van der Waals surface area contributed by atoms with E-state index in [1.807, 2.05) is 18.2 Å². The number of unbranched alkanes of at least 4 members (excludes halogenated alkanes) is 1. The van der Waals surface area contributed by atoms with Crippen molar-refractivity contribution in [3.63, 3.8) is 0 Å². The number of rotatable bonds is 11. The van der Waals surface area contributed by atoms with Gasteiger partial charge in [0.05, 0.1) is 19.8 Å². The molecule has 7 heteroatoms. The van der Waals surface area contributed by atoms with Gasteiger partial charge in [-0.15, -0.1) is 0 Å². The second-order valence-electron chi connectivity index (χ2n) is 6.37. The molecular weight excluding hydrogens is 372 g/mol. The zero-order chi connectivity index (χ0) is 21.1. The van der Waals surface area contributed by atoms with E-state index in [-0.39, 0.29) is 19.1 Å². The van der Waals surface area contributed by atoms with Gasteiger partial charge >= 0.3 is 5.97 Å². The van der Waals surface area contributed by atoms with Crippen molar-refractivity contribution in [3.8, 4) is 11.5 Å². The molecule has 29 heavy (non-hydrogen) atoms. The van der Waals surface area contributed by atoms with Crippen LogP contribution in [0.2, 0.25) is 0 Å². The molecule has 1 amide bonds. The summed E-state index contributed by atoms with van der Waals surface area (Å²) in [6.45, 7) is 2.80. The molecule has 2 aromatic rings. The van der Waals surface area contributed by atoms with E-state index in [1.54, 1.807) is 38.5 Å². The number of carbonyl (C=O) groups is 2. The quantitative estimate of drug-likeness (QED) is 0.444. The van der Waals surface area contributed by atoms with Crippen molar-refractivity contribution in [2.75, 3.05) is 32.7 Å². The molecule has 156 valence electrons. The van der Waals surface area contributed by atoms with Gasteiger partial charge < -0.3 is 24.8 Å². The molecule has 2 aromatic carbocycles. The zero-order valence-corrected chi connectivity index (χ0v) is 17.1. The number of esters is 1. The molecule has 0 radical (unpaired) electrons. The number of hydrogen-bond donors (Lipinski definition) is 2. The summed E-state index contributed by atoms with van der Waals surface area (Å²) in [6, 6.07) is 12.5. The average Bonchev–Trinajstić information content (AvgIpc) is 2.76. The molecule has 2 rings (SSSR count). The van der Waals surface area contributed by atoms with Crippen LogP contribution in [0.1, 0.15) is 35.7 Å². The van der Waals surface area contributed by atoms with Gasteiger partial charge in [-0.25, -0.2) is 4.79 Å². The number of carbonyl (C=O) groups excluding carboxylic acids is 2. The number of ether oxygens (including phenoxy) is 3. The highest BCUT2D eigenvalue weighted by atomic mass is 16.5. The van der Waals surface area contributed by atoms with Gasteiger partial charge in [-0.1, -0.05) is 31.5 Å². The lowest BCUT2D eigenvalue weighted by atomic mass is 10.1. The molecule has 0 aromatic heterocycles. The van der Waals surface area contributed by atoms with Gasteiger partial charge in [0, 0.05) is 18.8 Å². The Morgan fingerprint density at radius 2 is 1.76 bits per heavy atom. The predicted molar refractivity (Wildman–Crippen MR) is 112 cm³/mol. The summed E-state index contributed by atoms with van der Waals surface area (Å²) < 4.78 is 15.6. The van der Waals surface area contributed by atoms with Gasteiger partial charge in [0.15, 0.2) is 18.1 Å². The standard InChI is InChI=1S/C22H28N2O5/c1-4-5-12-23-18-9-7-6-8-17(18)22(26)29-15-21(25)24-14-16-10-11-19(27-2)20(13-16)28-3/h6-11,13,23H,4-5,12,14-15H2,1-3H3,(H,24,25). The van der Waals surface area contributed by atoms with Crippen LogP contribution < -0.4 is 20.1 Å². The van der Waals surface area contributed by atoms with E-state index in [0.717, 1.165) is 24.9 Å². The summed E-state index contributed by atoms with van der Waals surface area (Å²) in [5.74, 6) is 0.274. The lowest BCUT2D eigenvalue weighted by molar-refractivity contribution is -0.124. The van der Waals surface area contributed by atoms with Gasteiger partial charge in [0.2, 0.25) is 0 Å². The lowest BCUT2D eigenvalue weighted by Gasteiger charge is -2.12. The number of anilines is 1. The van der Waals surface area contributed by atoms with Crippen LogP contribution in [0.5, 0.6) is 11.5 Å². The summed E-state index contributed by atoms with van der Waals surface area (Å²) in [5.41, 5.74) is 1.96. The second-order valence-corrected chi connectivity index (χ2v) is 6.37. The summed E-state index contributed by atoms with van der Waals surface area (Å²) in [6.07, 6.45) is 2.06. The van der Waals surface area contributed by atoms with Crippen LogP contribution in [0.4, 0.5) is 5.69 Å². The fraction of sp³-hybridized carbons (Fsp3) is 0.364. The first-order valence-electron chi connectivity index (χ1n) is 9.56. The molecule has 0 saturated carbocycles. The van der Waals surface area contributed by atoms with E-state index in [9.17, 15) is 9.59 Å². The van der Waals surface area contributed by atoms with Crippen molar-refractivity contribution in [2.45, 2.75) is 26.3 Å². The first-order valence-corrected chi connectivity index (χ1v) is 9.56. The van der Waals surface area contributed by atoms with Gasteiger partial charge in [0.1, 0.15) is 0 Å². The molecule has 0 unspecified atom stereocenters. The van der Waals surface area contributed by atoms with Crippen LogP contribution in [0.15, 0.2) is 42.5 Å². The van der Waals surface area contributed by atoms with Crippen molar-refractivity contribution in [1.29, 1.82) is 0 Å². The first kappa shape index (κ1) is 22.1. The summed E-state index contributed by atoms with van der Waals surface area (Å²) in [4.78, 5) is 24.4. The minimum absolute atomic E-state index is 0.284. The minimum Gasteiger partial charge on any atom is -0.493 e. The zero-order valence-electron chi connectivity index (χ0n) is 17.1. The maximum atomic E-state index is 12.4. The van der Waals surface area contributed by atoms with Crippen LogP contribution in [0.25, 0.3) is 0 Å². The molecule has 2 N–H and O–H groups in total. The van der Waals surface area contributed by atoms with Crippen LogP contribution in [-0.2, 0) is 16.1 Å². The number of benzene rings is 2.